The van der Waals surface area contributed by atoms with Gasteiger partial charge in [0.1, 0.15) is 0 Å². The van der Waals surface area contributed by atoms with Crippen LogP contribution in [0.5, 0.6) is 0 Å². The lowest BCUT2D eigenvalue weighted by Gasteiger charge is -2.22. The Balaban J connectivity index is 1.44. The minimum Gasteiger partial charge on any atom is -0.380 e. The number of thiazole rings is 1. The van der Waals surface area contributed by atoms with Crippen LogP contribution in [0.25, 0.3) is 10.9 Å². The lowest BCUT2D eigenvalue weighted by atomic mass is 9.98. The van der Waals surface area contributed by atoms with E-state index in [0.717, 1.165) is 50.5 Å². The van der Waals surface area contributed by atoms with Gasteiger partial charge >= 0.3 is 0 Å². The molecule has 3 heterocycles. The Labute approximate surface area is 139 Å². The third-order valence-corrected chi connectivity index (χ3v) is 4.96. The van der Waals surface area contributed by atoms with Crippen molar-refractivity contribution in [2.75, 3.05) is 26.3 Å². The van der Waals surface area contributed by atoms with Crippen LogP contribution in [0.15, 0.2) is 35.3 Å². The lowest BCUT2D eigenvalue weighted by molar-refractivity contribution is 0.121. The molecule has 3 aromatic rings. The highest BCUT2D eigenvalue weighted by Gasteiger charge is 2.20. The molecule has 0 radical (unpaired) electrons. The van der Waals surface area contributed by atoms with E-state index in [0.29, 0.717) is 5.92 Å². The van der Waals surface area contributed by atoms with Crippen LogP contribution in [0.1, 0.15) is 11.3 Å². The van der Waals surface area contributed by atoms with Gasteiger partial charge in [0.2, 0.25) is 0 Å². The van der Waals surface area contributed by atoms with Crippen molar-refractivity contribution in [3.05, 3.63) is 46.5 Å². The number of aromatic amines is 1. The van der Waals surface area contributed by atoms with E-state index >= 15 is 0 Å². The van der Waals surface area contributed by atoms with Crippen molar-refractivity contribution < 1.29 is 4.74 Å². The molecule has 1 aliphatic heterocycles. The van der Waals surface area contributed by atoms with Crippen molar-refractivity contribution in [1.29, 1.82) is 0 Å². The van der Waals surface area contributed by atoms with Gasteiger partial charge in [-0.25, -0.2) is 4.98 Å². The summed E-state index contributed by atoms with van der Waals surface area (Å²) in [6, 6.07) is 6.53. The van der Waals surface area contributed by atoms with Crippen molar-refractivity contribution in [2.24, 2.45) is 5.92 Å². The average Bonchev–Trinajstić information content (AvgIpc) is 3.17. The van der Waals surface area contributed by atoms with E-state index in [1.54, 1.807) is 11.3 Å². The minimum absolute atomic E-state index is 0.514. The summed E-state index contributed by atoms with van der Waals surface area (Å²) in [5.74, 6) is 0.514. The average molecular weight is 328 g/mol. The molecule has 5 nitrogen and oxygen atoms in total. The van der Waals surface area contributed by atoms with Gasteiger partial charge in [-0.1, -0.05) is 6.07 Å². The van der Waals surface area contributed by atoms with Crippen LogP contribution in [0.2, 0.25) is 0 Å². The smallest absolute Gasteiger partial charge is 0.0795 e. The quantitative estimate of drug-likeness (QED) is 0.800. The van der Waals surface area contributed by atoms with Gasteiger partial charge in [-0.3, -0.25) is 10.00 Å². The number of fused-ring (bicyclic) bond motifs is 1. The van der Waals surface area contributed by atoms with Gasteiger partial charge in [0.25, 0.3) is 0 Å². The Morgan fingerprint density at radius 3 is 3.30 bits per heavy atom. The molecule has 4 rings (SSSR count). The van der Waals surface area contributed by atoms with Gasteiger partial charge in [-0.15, -0.1) is 11.3 Å². The van der Waals surface area contributed by atoms with Crippen molar-refractivity contribution in [2.45, 2.75) is 13.0 Å². The first kappa shape index (κ1) is 14.8. The molecule has 0 spiro atoms. The first-order valence-corrected chi connectivity index (χ1v) is 8.90. The summed E-state index contributed by atoms with van der Waals surface area (Å²) in [5, 5.41) is 10.4. The van der Waals surface area contributed by atoms with E-state index in [9.17, 15) is 0 Å². The highest BCUT2D eigenvalue weighted by Crippen LogP contribution is 2.19. The molecule has 0 bridgehead atoms. The third-order valence-electron chi connectivity index (χ3n) is 4.32. The summed E-state index contributed by atoms with van der Waals surface area (Å²) >= 11 is 1.66. The van der Waals surface area contributed by atoms with Crippen LogP contribution in [-0.2, 0) is 17.7 Å². The van der Waals surface area contributed by atoms with Crippen LogP contribution in [-0.4, -0.2) is 46.4 Å². The van der Waals surface area contributed by atoms with Crippen LogP contribution in [0, 0.1) is 5.92 Å². The normalized spacial score (nSPS) is 19.9. The highest BCUT2D eigenvalue weighted by molar-refractivity contribution is 7.07. The predicted molar refractivity (Wildman–Crippen MR) is 91.5 cm³/mol. The Bertz CT molecular complexity index is 755. The van der Waals surface area contributed by atoms with Gasteiger partial charge in [-0.2, -0.15) is 5.10 Å². The van der Waals surface area contributed by atoms with Gasteiger partial charge in [-0.05, 0) is 30.0 Å². The maximum atomic E-state index is 5.82. The number of nitrogens with zero attached hydrogens (tertiary/aromatic N) is 3. The molecular formula is C17H20N4OS. The summed E-state index contributed by atoms with van der Waals surface area (Å²) in [6.07, 6.45) is 2.92. The zero-order chi connectivity index (χ0) is 15.5. The third kappa shape index (κ3) is 3.60. The van der Waals surface area contributed by atoms with E-state index in [1.165, 1.54) is 10.9 Å². The molecule has 2 aromatic heterocycles. The Morgan fingerprint density at radius 2 is 2.39 bits per heavy atom. The second-order valence-electron chi connectivity index (χ2n) is 6.15. The summed E-state index contributed by atoms with van der Waals surface area (Å²) in [5.41, 5.74) is 5.51. The molecule has 1 fully saturated rings. The Hall–Kier alpha value is -1.76. The molecule has 1 aromatic carbocycles. The fourth-order valence-electron chi connectivity index (χ4n) is 3.22. The van der Waals surface area contributed by atoms with Gasteiger partial charge in [0.05, 0.1) is 36.1 Å². The SMILES string of the molecule is c1nc(CN2CCOC[C@H](Cc3ccc4[nH]ncc4c3)C2)cs1. The van der Waals surface area contributed by atoms with Crippen LogP contribution in [0.3, 0.4) is 0 Å². The predicted octanol–water partition coefficient (Wildman–Crippen LogP) is 2.71. The van der Waals surface area contributed by atoms with Crippen molar-refractivity contribution in [3.63, 3.8) is 0 Å². The van der Waals surface area contributed by atoms with Crippen molar-refractivity contribution in [1.82, 2.24) is 20.1 Å². The summed E-state index contributed by atoms with van der Waals surface area (Å²) in [6.45, 7) is 4.60. The molecule has 0 aliphatic carbocycles. The molecule has 1 N–H and O–H groups in total. The first-order valence-electron chi connectivity index (χ1n) is 7.96. The van der Waals surface area contributed by atoms with Crippen molar-refractivity contribution >= 4 is 22.2 Å². The molecule has 120 valence electrons. The summed E-state index contributed by atoms with van der Waals surface area (Å²) in [4.78, 5) is 6.87. The fourth-order valence-corrected chi connectivity index (χ4v) is 3.77. The number of aromatic nitrogens is 3. The van der Waals surface area contributed by atoms with E-state index in [1.807, 2.05) is 11.7 Å². The van der Waals surface area contributed by atoms with Crippen LogP contribution in [0.4, 0.5) is 0 Å². The van der Waals surface area contributed by atoms with E-state index in [2.05, 4.69) is 43.7 Å². The van der Waals surface area contributed by atoms with Gasteiger partial charge in [0.15, 0.2) is 0 Å². The van der Waals surface area contributed by atoms with E-state index in [-0.39, 0.29) is 0 Å². The largest absolute Gasteiger partial charge is 0.380 e. The highest BCUT2D eigenvalue weighted by atomic mass is 32.1. The Morgan fingerprint density at radius 1 is 1.39 bits per heavy atom. The maximum Gasteiger partial charge on any atom is 0.0795 e. The molecule has 0 unspecified atom stereocenters. The lowest BCUT2D eigenvalue weighted by Crippen LogP contribution is -2.30. The minimum atomic E-state index is 0.514. The molecule has 6 heteroatoms. The van der Waals surface area contributed by atoms with Crippen molar-refractivity contribution in [3.8, 4) is 0 Å². The second-order valence-corrected chi connectivity index (χ2v) is 6.87. The standard InChI is InChI=1S/C17H20N4OS/c1-2-17-15(7-19-20-17)6-13(1)5-14-8-21(3-4-22-10-14)9-16-11-23-12-18-16/h1-2,6-7,11-12,14H,3-5,8-10H2,(H,19,20)/t14-/m1/s1. The molecule has 23 heavy (non-hydrogen) atoms. The molecule has 1 aliphatic rings. The van der Waals surface area contributed by atoms with E-state index < -0.39 is 0 Å². The molecule has 0 amide bonds. The zero-order valence-electron chi connectivity index (χ0n) is 12.9. The molecular weight excluding hydrogens is 308 g/mol. The maximum absolute atomic E-state index is 5.82. The number of hydrogen-bond donors (Lipinski definition) is 1. The zero-order valence-corrected chi connectivity index (χ0v) is 13.8. The Kier molecular flexibility index (Phi) is 4.37. The second kappa shape index (κ2) is 6.78. The van der Waals surface area contributed by atoms with Gasteiger partial charge < -0.3 is 4.74 Å². The number of rotatable bonds is 4. The molecule has 1 saturated heterocycles. The fraction of sp³-hybridized carbons (Fsp3) is 0.412. The monoisotopic (exact) mass is 328 g/mol. The number of nitrogens with one attached hydrogen (secondary N) is 1. The van der Waals surface area contributed by atoms with E-state index in [4.69, 9.17) is 4.74 Å². The first-order chi connectivity index (χ1) is 11.4. The number of ether oxygens (including phenoxy) is 1. The molecule has 0 saturated carbocycles. The van der Waals surface area contributed by atoms with Crippen LogP contribution >= 0.6 is 11.3 Å². The van der Waals surface area contributed by atoms with Gasteiger partial charge in [0, 0.05) is 30.4 Å². The number of benzene rings is 1. The topological polar surface area (TPSA) is 54.0 Å². The molecule has 1 atom stereocenters. The number of H-pyrrole nitrogens is 1. The number of hydrogen-bond acceptors (Lipinski definition) is 5. The van der Waals surface area contributed by atoms with Crippen LogP contribution < -0.4 is 0 Å². The summed E-state index contributed by atoms with van der Waals surface area (Å²) < 4.78 is 5.82. The summed E-state index contributed by atoms with van der Waals surface area (Å²) in [7, 11) is 0.